The van der Waals surface area contributed by atoms with Gasteiger partial charge in [-0.2, -0.15) is 0 Å². The zero-order valence-corrected chi connectivity index (χ0v) is 12.5. The maximum Gasteiger partial charge on any atom is 0.246 e. The number of hydrogen-bond acceptors (Lipinski definition) is 3. The molecule has 3 aliphatic rings. The Kier molecular flexibility index (Phi) is 3.71. The van der Waals surface area contributed by atoms with Crippen LogP contribution in [0.5, 0.6) is 0 Å². The van der Waals surface area contributed by atoms with Crippen LogP contribution >= 0.6 is 0 Å². The summed E-state index contributed by atoms with van der Waals surface area (Å²) in [6.45, 7) is 5.59. The van der Waals surface area contributed by atoms with Crippen LogP contribution in [0.25, 0.3) is 0 Å². The summed E-state index contributed by atoms with van der Waals surface area (Å²) in [5.74, 6) is 0.847. The number of amides is 2. The van der Waals surface area contributed by atoms with Crippen molar-refractivity contribution in [2.75, 3.05) is 33.2 Å². The number of piperazine rings is 1. The zero-order valence-electron chi connectivity index (χ0n) is 12.5. The third-order valence-corrected chi connectivity index (χ3v) is 5.11. The topological polar surface area (TPSA) is 43.9 Å². The molecule has 0 aromatic heterocycles. The lowest BCUT2D eigenvalue weighted by Gasteiger charge is -2.43. The van der Waals surface area contributed by atoms with Crippen molar-refractivity contribution in [1.29, 1.82) is 0 Å². The number of fused-ring (bicyclic) bond motifs is 1. The molecule has 0 aromatic rings. The molecule has 20 heavy (non-hydrogen) atoms. The maximum atomic E-state index is 12.6. The molecule has 0 bridgehead atoms. The van der Waals surface area contributed by atoms with Crippen LogP contribution in [0.15, 0.2) is 0 Å². The average molecular weight is 279 g/mol. The Bertz CT molecular complexity index is 412. The minimum atomic E-state index is -0.274. The van der Waals surface area contributed by atoms with Gasteiger partial charge in [0.25, 0.3) is 0 Å². The highest BCUT2D eigenvalue weighted by Crippen LogP contribution is 2.28. The lowest BCUT2D eigenvalue weighted by molar-refractivity contribution is -0.159. The Labute approximate surface area is 120 Å². The van der Waals surface area contributed by atoms with E-state index < -0.39 is 0 Å². The van der Waals surface area contributed by atoms with Crippen LogP contribution in [0, 0.1) is 5.92 Å². The number of carbonyl (C=O) groups excluding carboxylic acids is 2. The first-order chi connectivity index (χ1) is 9.58. The van der Waals surface area contributed by atoms with E-state index in [9.17, 15) is 9.59 Å². The van der Waals surface area contributed by atoms with Gasteiger partial charge in [-0.05, 0) is 52.1 Å². The average Bonchev–Trinajstić information content (AvgIpc) is 2.91. The lowest BCUT2D eigenvalue weighted by Crippen LogP contribution is -2.62. The second-order valence-corrected chi connectivity index (χ2v) is 6.63. The lowest BCUT2D eigenvalue weighted by atomic mass is 9.95. The molecule has 5 nitrogen and oxygen atoms in total. The van der Waals surface area contributed by atoms with Crippen molar-refractivity contribution < 1.29 is 9.59 Å². The van der Waals surface area contributed by atoms with Gasteiger partial charge >= 0.3 is 0 Å². The van der Waals surface area contributed by atoms with E-state index in [1.54, 1.807) is 4.90 Å². The van der Waals surface area contributed by atoms with E-state index in [2.05, 4.69) is 11.9 Å². The molecule has 112 valence electrons. The van der Waals surface area contributed by atoms with Crippen molar-refractivity contribution in [3.05, 3.63) is 0 Å². The Morgan fingerprint density at radius 1 is 1.10 bits per heavy atom. The van der Waals surface area contributed by atoms with Gasteiger partial charge in [0, 0.05) is 19.6 Å². The van der Waals surface area contributed by atoms with Crippen LogP contribution in [-0.2, 0) is 9.59 Å². The molecular formula is C15H25N3O2. The highest BCUT2D eigenvalue weighted by atomic mass is 16.2. The molecule has 3 aliphatic heterocycles. The molecule has 0 aliphatic carbocycles. The Hall–Kier alpha value is -1.10. The third kappa shape index (κ3) is 2.32. The van der Waals surface area contributed by atoms with E-state index in [0.29, 0.717) is 5.92 Å². The molecule has 3 fully saturated rings. The molecule has 5 heteroatoms. The van der Waals surface area contributed by atoms with Gasteiger partial charge in [-0.3, -0.25) is 9.59 Å². The van der Waals surface area contributed by atoms with Crippen molar-refractivity contribution in [2.24, 2.45) is 5.92 Å². The predicted octanol–water partition coefficient (Wildman–Crippen LogP) is 0.550. The molecule has 2 amide bonds. The van der Waals surface area contributed by atoms with E-state index in [-0.39, 0.29) is 23.9 Å². The first-order valence-corrected chi connectivity index (χ1v) is 7.87. The second-order valence-electron chi connectivity index (χ2n) is 6.63. The van der Waals surface area contributed by atoms with E-state index in [0.717, 1.165) is 39.0 Å². The fourth-order valence-corrected chi connectivity index (χ4v) is 3.99. The van der Waals surface area contributed by atoms with Gasteiger partial charge < -0.3 is 14.7 Å². The highest BCUT2D eigenvalue weighted by Gasteiger charge is 2.46. The molecule has 0 N–H and O–H groups in total. The Morgan fingerprint density at radius 2 is 1.85 bits per heavy atom. The van der Waals surface area contributed by atoms with Crippen molar-refractivity contribution in [3.63, 3.8) is 0 Å². The van der Waals surface area contributed by atoms with Crippen LogP contribution in [0.3, 0.4) is 0 Å². The second kappa shape index (κ2) is 5.35. The smallest absolute Gasteiger partial charge is 0.246 e. The van der Waals surface area contributed by atoms with Gasteiger partial charge in [-0.1, -0.05) is 0 Å². The number of piperidine rings is 1. The summed E-state index contributed by atoms with van der Waals surface area (Å²) in [5, 5.41) is 0. The summed E-state index contributed by atoms with van der Waals surface area (Å²) in [6, 6.07) is -0.441. The third-order valence-electron chi connectivity index (χ3n) is 5.11. The number of rotatable bonds is 2. The molecule has 3 unspecified atom stereocenters. The van der Waals surface area contributed by atoms with E-state index in [1.807, 2.05) is 11.8 Å². The van der Waals surface area contributed by atoms with Crippen LogP contribution in [0.2, 0.25) is 0 Å². The summed E-state index contributed by atoms with van der Waals surface area (Å²) in [4.78, 5) is 31.0. The van der Waals surface area contributed by atoms with Gasteiger partial charge in [0.05, 0.1) is 0 Å². The van der Waals surface area contributed by atoms with Crippen molar-refractivity contribution in [3.8, 4) is 0 Å². The zero-order chi connectivity index (χ0) is 14.3. The number of hydrogen-bond donors (Lipinski definition) is 0. The maximum absolute atomic E-state index is 12.6. The first-order valence-electron chi connectivity index (χ1n) is 7.87. The van der Waals surface area contributed by atoms with Gasteiger partial charge in [-0.15, -0.1) is 0 Å². The summed E-state index contributed by atoms with van der Waals surface area (Å²) < 4.78 is 0. The number of nitrogens with zero attached hydrogens (tertiary/aromatic N) is 3. The highest BCUT2D eigenvalue weighted by molar-refractivity contribution is 5.97. The predicted molar refractivity (Wildman–Crippen MR) is 76.1 cm³/mol. The van der Waals surface area contributed by atoms with Crippen LogP contribution in [-0.4, -0.2) is 71.8 Å². The minimum Gasteiger partial charge on any atom is -0.329 e. The van der Waals surface area contributed by atoms with Gasteiger partial charge in [0.2, 0.25) is 11.8 Å². The van der Waals surface area contributed by atoms with Gasteiger partial charge in [0.1, 0.15) is 12.1 Å². The molecule has 3 saturated heterocycles. The van der Waals surface area contributed by atoms with E-state index in [1.165, 1.54) is 12.8 Å². The first kappa shape index (κ1) is 13.9. The monoisotopic (exact) mass is 279 g/mol. The van der Waals surface area contributed by atoms with Gasteiger partial charge in [-0.25, -0.2) is 0 Å². The molecule has 0 aromatic carbocycles. The molecule has 3 atom stereocenters. The van der Waals surface area contributed by atoms with Crippen LogP contribution in [0.1, 0.15) is 32.6 Å². The number of likely N-dealkylation sites (tertiary alicyclic amines) is 1. The normalized spacial score (nSPS) is 35.6. The largest absolute Gasteiger partial charge is 0.329 e. The van der Waals surface area contributed by atoms with Crippen LogP contribution < -0.4 is 0 Å². The van der Waals surface area contributed by atoms with E-state index in [4.69, 9.17) is 0 Å². The van der Waals surface area contributed by atoms with Crippen LogP contribution in [0.4, 0.5) is 0 Å². The Balaban J connectivity index is 1.71. The van der Waals surface area contributed by atoms with E-state index >= 15 is 0 Å². The summed E-state index contributed by atoms with van der Waals surface area (Å²) >= 11 is 0. The fourth-order valence-electron chi connectivity index (χ4n) is 3.99. The van der Waals surface area contributed by atoms with Crippen molar-refractivity contribution >= 4 is 11.8 Å². The minimum absolute atomic E-state index is 0.149. The molecule has 3 rings (SSSR count). The molecule has 0 spiro atoms. The van der Waals surface area contributed by atoms with Crippen molar-refractivity contribution in [1.82, 2.24) is 14.7 Å². The summed E-state index contributed by atoms with van der Waals surface area (Å²) in [5.41, 5.74) is 0. The Morgan fingerprint density at radius 3 is 2.60 bits per heavy atom. The standard InChI is InChI=1S/C15H25N3O2/c1-11-14(19)17-8-4-6-13(17)15(20)18(11)10-12-5-3-7-16(2)9-12/h11-13H,3-10H2,1-2H3. The summed E-state index contributed by atoms with van der Waals surface area (Å²) in [6.07, 6.45) is 4.18. The SMILES string of the molecule is CC1C(=O)N2CCCC2C(=O)N1CC1CCCN(C)C1. The molecular weight excluding hydrogens is 254 g/mol. The molecule has 3 heterocycles. The van der Waals surface area contributed by atoms with Crippen molar-refractivity contribution in [2.45, 2.75) is 44.7 Å². The summed E-state index contributed by atoms with van der Waals surface area (Å²) in [7, 11) is 2.14. The molecule has 0 saturated carbocycles. The van der Waals surface area contributed by atoms with Gasteiger partial charge in [0.15, 0.2) is 0 Å². The quantitative estimate of drug-likeness (QED) is 0.741. The molecule has 0 radical (unpaired) electrons. The fraction of sp³-hybridized carbons (Fsp3) is 0.867. The number of carbonyl (C=O) groups is 2.